The van der Waals surface area contributed by atoms with Crippen molar-refractivity contribution in [2.75, 3.05) is 39.1 Å². The summed E-state index contributed by atoms with van der Waals surface area (Å²) in [7, 11) is 6.29. The summed E-state index contributed by atoms with van der Waals surface area (Å²) in [5, 5.41) is 3.48. The van der Waals surface area contributed by atoms with E-state index in [4.69, 9.17) is 0 Å². The molecule has 3 nitrogen and oxygen atoms in total. The van der Waals surface area contributed by atoms with Gasteiger partial charge >= 0.3 is 0 Å². The lowest BCUT2D eigenvalue weighted by Gasteiger charge is -2.21. The second-order valence-corrected chi connectivity index (χ2v) is 5.31. The molecule has 0 atom stereocenters. The second kappa shape index (κ2) is 7.39. The Hall–Kier alpha value is -1.06. The first kappa shape index (κ1) is 15.0. The van der Waals surface area contributed by atoms with E-state index in [0.29, 0.717) is 6.04 Å². The van der Waals surface area contributed by atoms with Gasteiger partial charge in [0.15, 0.2) is 0 Å². The molecule has 0 aromatic heterocycles. The molecular formula is C15H27N3. The Balaban J connectivity index is 2.27. The third-order valence-electron chi connectivity index (χ3n) is 3.30. The van der Waals surface area contributed by atoms with E-state index in [1.54, 1.807) is 0 Å². The lowest BCUT2D eigenvalue weighted by molar-refractivity contribution is 0.273. The van der Waals surface area contributed by atoms with Gasteiger partial charge in [-0.25, -0.2) is 0 Å². The summed E-state index contributed by atoms with van der Waals surface area (Å²) in [6.07, 6.45) is 0. The molecule has 0 radical (unpaired) electrons. The van der Waals surface area contributed by atoms with E-state index in [1.807, 2.05) is 0 Å². The number of anilines is 1. The predicted octanol–water partition coefficient (Wildman–Crippen LogP) is 2.18. The monoisotopic (exact) mass is 249 g/mol. The summed E-state index contributed by atoms with van der Waals surface area (Å²) in [4.78, 5) is 4.47. The van der Waals surface area contributed by atoms with E-state index < -0.39 is 0 Å². The van der Waals surface area contributed by atoms with Crippen molar-refractivity contribution >= 4 is 5.69 Å². The molecule has 0 fully saturated rings. The molecule has 0 saturated carbocycles. The number of benzene rings is 1. The van der Waals surface area contributed by atoms with Crippen LogP contribution in [0, 0.1) is 0 Å². The molecule has 0 bridgehead atoms. The van der Waals surface area contributed by atoms with Crippen LogP contribution in [0.3, 0.4) is 0 Å². The van der Waals surface area contributed by atoms with Crippen LogP contribution in [0.15, 0.2) is 24.3 Å². The topological polar surface area (TPSA) is 18.5 Å². The van der Waals surface area contributed by atoms with Crippen molar-refractivity contribution in [2.24, 2.45) is 0 Å². The van der Waals surface area contributed by atoms with Gasteiger partial charge in [-0.15, -0.1) is 0 Å². The minimum absolute atomic E-state index is 0.617. The maximum atomic E-state index is 3.48. The number of nitrogens with one attached hydrogen (secondary N) is 1. The maximum Gasteiger partial charge on any atom is 0.0361 e. The molecule has 0 amide bonds. The summed E-state index contributed by atoms with van der Waals surface area (Å²) in [5.41, 5.74) is 2.59. The van der Waals surface area contributed by atoms with Gasteiger partial charge in [0.2, 0.25) is 0 Å². The van der Waals surface area contributed by atoms with Crippen LogP contribution < -0.4 is 10.2 Å². The van der Waals surface area contributed by atoms with E-state index in [1.165, 1.54) is 11.3 Å². The molecule has 1 N–H and O–H groups in total. The lowest BCUT2D eigenvalue weighted by Crippen LogP contribution is -2.33. The highest BCUT2D eigenvalue weighted by molar-refractivity contribution is 5.45. The minimum atomic E-state index is 0.617. The van der Waals surface area contributed by atoms with Gasteiger partial charge in [0, 0.05) is 45.5 Å². The van der Waals surface area contributed by atoms with E-state index in [2.05, 4.69) is 74.4 Å². The number of likely N-dealkylation sites (N-methyl/N-ethyl adjacent to an activating group) is 1. The molecule has 0 aliphatic heterocycles. The largest absolute Gasteiger partial charge is 0.378 e. The summed E-state index contributed by atoms with van der Waals surface area (Å²) in [6.45, 7) is 7.51. The van der Waals surface area contributed by atoms with Crippen molar-refractivity contribution in [3.05, 3.63) is 29.8 Å². The highest BCUT2D eigenvalue weighted by Gasteiger charge is 2.01. The Morgan fingerprint density at radius 1 is 1.06 bits per heavy atom. The van der Waals surface area contributed by atoms with Gasteiger partial charge in [0.05, 0.1) is 0 Å². The average molecular weight is 249 g/mol. The van der Waals surface area contributed by atoms with Crippen LogP contribution in [0.5, 0.6) is 0 Å². The summed E-state index contributed by atoms with van der Waals surface area (Å²) in [5.74, 6) is 0. The smallest absolute Gasteiger partial charge is 0.0361 e. The van der Waals surface area contributed by atoms with E-state index >= 15 is 0 Å². The first-order valence-electron chi connectivity index (χ1n) is 6.68. The van der Waals surface area contributed by atoms with Gasteiger partial charge < -0.3 is 15.1 Å². The van der Waals surface area contributed by atoms with Crippen molar-refractivity contribution in [1.29, 1.82) is 0 Å². The molecule has 18 heavy (non-hydrogen) atoms. The Morgan fingerprint density at radius 2 is 1.67 bits per heavy atom. The molecule has 3 heteroatoms. The van der Waals surface area contributed by atoms with E-state index in [9.17, 15) is 0 Å². The molecule has 0 heterocycles. The van der Waals surface area contributed by atoms with E-state index in [-0.39, 0.29) is 0 Å². The average Bonchev–Trinajstić information content (AvgIpc) is 2.34. The summed E-state index contributed by atoms with van der Waals surface area (Å²) >= 11 is 0. The molecule has 0 saturated heterocycles. The highest BCUT2D eigenvalue weighted by atomic mass is 15.1. The molecule has 102 valence electrons. The summed E-state index contributed by atoms with van der Waals surface area (Å²) in [6, 6.07) is 9.32. The van der Waals surface area contributed by atoms with Crippen LogP contribution in [0.25, 0.3) is 0 Å². The number of hydrogen-bond acceptors (Lipinski definition) is 3. The van der Waals surface area contributed by atoms with Gasteiger partial charge in [-0.05, 0) is 38.6 Å². The number of nitrogens with zero attached hydrogens (tertiary/aromatic N) is 2. The van der Waals surface area contributed by atoms with Gasteiger partial charge in [-0.3, -0.25) is 0 Å². The first-order valence-corrected chi connectivity index (χ1v) is 6.68. The fourth-order valence-electron chi connectivity index (χ4n) is 1.66. The van der Waals surface area contributed by atoms with Gasteiger partial charge in [-0.1, -0.05) is 12.1 Å². The van der Waals surface area contributed by atoms with Crippen LogP contribution in [-0.2, 0) is 6.54 Å². The number of hydrogen-bond donors (Lipinski definition) is 1. The molecular weight excluding hydrogens is 222 g/mol. The first-order chi connectivity index (χ1) is 8.50. The zero-order valence-corrected chi connectivity index (χ0v) is 12.4. The molecule has 0 aliphatic rings. The Bertz CT molecular complexity index is 330. The zero-order valence-electron chi connectivity index (χ0n) is 12.4. The Labute approximate surface area is 112 Å². The van der Waals surface area contributed by atoms with Crippen LogP contribution in [0.4, 0.5) is 5.69 Å². The van der Waals surface area contributed by atoms with Gasteiger partial charge in [0.1, 0.15) is 0 Å². The van der Waals surface area contributed by atoms with Crippen molar-refractivity contribution in [1.82, 2.24) is 10.2 Å². The van der Waals surface area contributed by atoms with Crippen molar-refractivity contribution < 1.29 is 0 Å². The quantitative estimate of drug-likeness (QED) is 0.747. The second-order valence-electron chi connectivity index (χ2n) is 5.31. The lowest BCUT2D eigenvalue weighted by atomic mass is 10.2. The highest BCUT2D eigenvalue weighted by Crippen LogP contribution is 2.11. The maximum absolute atomic E-state index is 3.48. The van der Waals surface area contributed by atoms with Crippen LogP contribution >= 0.6 is 0 Å². The van der Waals surface area contributed by atoms with Gasteiger partial charge in [-0.2, -0.15) is 0 Å². The molecule has 0 aliphatic carbocycles. The summed E-state index contributed by atoms with van der Waals surface area (Å²) < 4.78 is 0. The van der Waals surface area contributed by atoms with E-state index in [0.717, 1.165) is 19.6 Å². The van der Waals surface area contributed by atoms with Crippen LogP contribution in [-0.4, -0.2) is 45.2 Å². The molecule has 1 rings (SSSR count). The minimum Gasteiger partial charge on any atom is -0.378 e. The van der Waals surface area contributed by atoms with Crippen molar-refractivity contribution in [3.8, 4) is 0 Å². The van der Waals surface area contributed by atoms with Gasteiger partial charge in [0.25, 0.3) is 0 Å². The molecule has 1 aromatic rings. The molecule has 0 unspecified atom stereocenters. The Kier molecular flexibility index (Phi) is 6.16. The Morgan fingerprint density at radius 3 is 2.17 bits per heavy atom. The standard InChI is InChI=1S/C15H27N3/c1-13(2)18(5)11-10-16-12-14-6-8-15(9-7-14)17(3)4/h6-9,13,16H,10-12H2,1-5H3. The molecule has 0 spiro atoms. The van der Waals surface area contributed by atoms with Crippen molar-refractivity contribution in [3.63, 3.8) is 0 Å². The SMILES string of the molecule is CC(C)N(C)CCNCc1ccc(N(C)C)cc1. The fraction of sp³-hybridized carbons (Fsp3) is 0.600. The third-order valence-corrected chi connectivity index (χ3v) is 3.30. The normalized spacial score (nSPS) is 11.3. The third kappa shape index (κ3) is 5.07. The van der Waals surface area contributed by atoms with Crippen LogP contribution in [0.2, 0.25) is 0 Å². The predicted molar refractivity (Wildman–Crippen MR) is 80.2 cm³/mol. The zero-order chi connectivity index (χ0) is 13.5. The van der Waals surface area contributed by atoms with Crippen molar-refractivity contribution in [2.45, 2.75) is 26.4 Å². The number of rotatable bonds is 7. The molecule has 1 aromatic carbocycles. The fourth-order valence-corrected chi connectivity index (χ4v) is 1.66. The van der Waals surface area contributed by atoms with Crippen LogP contribution in [0.1, 0.15) is 19.4 Å².